The number of benzene rings is 1. The number of aryl methyl sites for hydroxylation is 1. The SMILES string of the molecule is Cc1ccc(Cl)cc1NC(=O)c1ccnc(C(=O)NCCC2=CCCCC2)c1. The first-order valence-electron chi connectivity index (χ1n) is 9.52. The summed E-state index contributed by atoms with van der Waals surface area (Å²) in [5, 5.41) is 6.26. The smallest absolute Gasteiger partial charge is 0.269 e. The molecule has 1 aromatic heterocycles. The molecule has 0 spiro atoms. The number of hydrogen-bond acceptors (Lipinski definition) is 3. The lowest BCUT2D eigenvalue weighted by Gasteiger charge is -2.13. The van der Waals surface area contributed by atoms with Gasteiger partial charge in [0.1, 0.15) is 5.69 Å². The fraction of sp³-hybridized carbons (Fsp3) is 0.318. The topological polar surface area (TPSA) is 71.1 Å². The number of allylic oxidation sites excluding steroid dienone is 1. The molecule has 28 heavy (non-hydrogen) atoms. The van der Waals surface area contributed by atoms with Crippen LogP contribution in [0.15, 0.2) is 48.2 Å². The van der Waals surface area contributed by atoms with Crippen LogP contribution in [0.5, 0.6) is 0 Å². The fourth-order valence-electron chi connectivity index (χ4n) is 3.18. The Morgan fingerprint density at radius 3 is 2.79 bits per heavy atom. The number of nitrogens with zero attached hydrogens (tertiary/aromatic N) is 1. The molecule has 1 aromatic carbocycles. The van der Waals surface area contributed by atoms with Gasteiger partial charge in [0.25, 0.3) is 11.8 Å². The zero-order valence-corrected chi connectivity index (χ0v) is 16.7. The average Bonchev–Trinajstić information content (AvgIpc) is 2.71. The summed E-state index contributed by atoms with van der Waals surface area (Å²) in [5.41, 5.74) is 3.55. The van der Waals surface area contributed by atoms with E-state index in [1.807, 2.05) is 13.0 Å². The van der Waals surface area contributed by atoms with E-state index in [2.05, 4.69) is 21.7 Å². The van der Waals surface area contributed by atoms with Crippen LogP contribution in [-0.4, -0.2) is 23.3 Å². The Morgan fingerprint density at radius 1 is 1.14 bits per heavy atom. The summed E-state index contributed by atoms with van der Waals surface area (Å²) in [7, 11) is 0. The van der Waals surface area contributed by atoms with Crippen LogP contribution < -0.4 is 10.6 Å². The molecule has 5 nitrogen and oxygen atoms in total. The van der Waals surface area contributed by atoms with E-state index >= 15 is 0 Å². The minimum atomic E-state index is -0.311. The third-order valence-electron chi connectivity index (χ3n) is 4.82. The van der Waals surface area contributed by atoms with Crippen molar-refractivity contribution in [1.82, 2.24) is 10.3 Å². The van der Waals surface area contributed by atoms with E-state index in [9.17, 15) is 9.59 Å². The molecule has 1 aliphatic rings. The molecule has 0 unspecified atom stereocenters. The van der Waals surface area contributed by atoms with Crippen molar-refractivity contribution in [2.24, 2.45) is 0 Å². The molecule has 3 rings (SSSR count). The first-order valence-corrected chi connectivity index (χ1v) is 9.90. The number of carbonyl (C=O) groups excluding carboxylic acids is 2. The van der Waals surface area contributed by atoms with E-state index in [0.29, 0.717) is 22.8 Å². The number of nitrogens with one attached hydrogen (secondary N) is 2. The number of pyridine rings is 1. The van der Waals surface area contributed by atoms with E-state index in [4.69, 9.17) is 11.6 Å². The zero-order valence-electron chi connectivity index (χ0n) is 15.9. The summed E-state index contributed by atoms with van der Waals surface area (Å²) < 4.78 is 0. The molecular formula is C22H24ClN3O2. The number of hydrogen-bond donors (Lipinski definition) is 2. The lowest BCUT2D eigenvalue weighted by molar-refractivity contribution is 0.0949. The van der Waals surface area contributed by atoms with Crippen molar-refractivity contribution in [3.05, 3.63) is 70.0 Å². The quantitative estimate of drug-likeness (QED) is 0.680. The monoisotopic (exact) mass is 397 g/mol. The normalized spacial score (nSPS) is 13.6. The van der Waals surface area contributed by atoms with Crippen LogP contribution in [0.4, 0.5) is 5.69 Å². The predicted molar refractivity (Wildman–Crippen MR) is 112 cm³/mol. The molecule has 1 aliphatic carbocycles. The van der Waals surface area contributed by atoms with Gasteiger partial charge in [0, 0.05) is 29.0 Å². The lowest BCUT2D eigenvalue weighted by atomic mass is 9.97. The van der Waals surface area contributed by atoms with Crippen LogP contribution in [0.1, 0.15) is 58.5 Å². The van der Waals surface area contributed by atoms with E-state index in [-0.39, 0.29) is 17.5 Å². The van der Waals surface area contributed by atoms with Gasteiger partial charge in [-0.3, -0.25) is 14.6 Å². The number of carbonyl (C=O) groups is 2. The van der Waals surface area contributed by atoms with Gasteiger partial charge < -0.3 is 10.6 Å². The van der Waals surface area contributed by atoms with Gasteiger partial charge in [0.2, 0.25) is 0 Å². The molecule has 6 heteroatoms. The number of anilines is 1. The van der Waals surface area contributed by atoms with E-state index < -0.39 is 0 Å². The van der Waals surface area contributed by atoms with Crippen molar-refractivity contribution in [3.63, 3.8) is 0 Å². The number of halogens is 1. The molecule has 0 saturated heterocycles. The largest absolute Gasteiger partial charge is 0.350 e. The molecule has 2 amide bonds. The summed E-state index contributed by atoms with van der Waals surface area (Å²) >= 11 is 6.00. The Morgan fingerprint density at radius 2 is 2.00 bits per heavy atom. The Labute approximate surface area is 170 Å². The number of aromatic nitrogens is 1. The summed E-state index contributed by atoms with van der Waals surface area (Å²) in [6.07, 6.45) is 9.34. The van der Waals surface area contributed by atoms with Gasteiger partial charge in [-0.2, -0.15) is 0 Å². The van der Waals surface area contributed by atoms with Crippen molar-refractivity contribution >= 4 is 29.1 Å². The van der Waals surface area contributed by atoms with Gasteiger partial charge in [0.05, 0.1) is 0 Å². The summed E-state index contributed by atoms with van der Waals surface area (Å²) in [5.74, 6) is -0.584. The Hall–Kier alpha value is -2.66. The van der Waals surface area contributed by atoms with Gasteiger partial charge >= 0.3 is 0 Å². The number of rotatable bonds is 6. The summed E-state index contributed by atoms with van der Waals surface area (Å²) in [4.78, 5) is 29.0. The van der Waals surface area contributed by atoms with Crippen LogP contribution in [-0.2, 0) is 0 Å². The predicted octanol–water partition coefficient (Wildman–Crippen LogP) is 4.92. The second kappa shape index (κ2) is 9.51. The second-order valence-corrected chi connectivity index (χ2v) is 7.39. The van der Waals surface area contributed by atoms with Crippen molar-refractivity contribution in [3.8, 4) is 0 Å². The molecule has 0 bridgehead atoms. The molecule has 0 aliphatic heterocycles. The Kier molecular flexibility index (Phi) is 6.82. The summed E-state index contributed by atoms with van der Waals surface area (Å²) in [6.45, 7) is 2.46. The van der Waals surface area contributed by atoms with Crippen molar-refractivity contribution < 1.29 is 9.59 Å². The molecule has 0 saturated carbocycles. The Balaban J connectivity index is 1.60. The van der Waals surface area contributed by atoms with Crippen LogP contribution in [0.25, 0.3) is 0 Å². The fourth-order valence-corrected chi connectivity index (χ4v) is 3.35. The molecule has 1 heterocycles. The van der Waals surface area contributed by atoms with Gasteiger partial charge in [-0.05, 0) is 68.9 Å². The van der Waals surface area contributed by atoms with Crippen molar-refractivity contribution in [2.45, 2.75) is 39.0 Å². The molecular weight excluding hydrogens is 374 g/mol. The average molecular weight is 398 g/mol. The van der Waals surface area contributed by atoms with Crippen LogP contribution in [0.3, 0.4) is 0 Å². The highest BCUT2D eigenvalue weighted by Crippen LogP contribution is 2.21. The lowest BCUT2D eigenvalue weighted by Crippen LogP contribution is -2.26. The first-order chi connectivity index (χ1) is 13.5. The third kappa shape index (κ3) is 5.42. The second-order valence-electron chi connectivity index (χ2n) is 6.96. The highest BCUT2D eigenvalue weighted by atomic mass is 35.5. The maximum Gasteiger partial charge on any atom is 0.269 e. The van der Waals surface area contributed by atoms with Crippen LogP contribution in [0, 0.1) is 6.92 Å². The minimum Gasteiger partial charge on any atom is -0.350 e. The van der Waals surface area contributed by atoms with Gasteiger partial charge in [-0.25, -0.2) is 0 Å². The molecule has 2 N–H and O–H groups in total. The molecule has 146 valence electrons. The number of amides is 2. The first kappa shape index (κ1) is 20.1. The van der Waals surface area contributed by atoms with E-state index in [1.54, 1.807) is 18.2 Å². The molecule has 0 fully saturated rings. The maximum absolute atomic E-state index is 12.6. The zero-order chi connectivity index (χ0) is 19.9. The molecule has 0 atom stereocenters. The minimum absolute atomic E-state index is 0.230. The van der Waals surface area contributed by atoms with Crippen LogP contribution >= 0.6 is 11.6 Å². The highest BCUT2D eigenvalue weighted by Gasteiger charge is 2.13. The highest BCUT2D eigenvalue weighted by molar-refractivity contribution is 6.31. The van der Waals surface area contributed by atoms with E-state index in [0.717, 1.165) is 24.8 Å². The maximum atomic E-state index is 12.6. The van der Waals surface area contributed by atoms with Gasteiger partial charge in [-0.15, -0.1) is 0 Å². The molecule has 2 aromatic rings. The van der Waals surface area contributed by atoms with Gasteiger partial charge in [0.15, 0.2) is 0 Å². The Bertz CT molecular complexity index is 908. The molecule has 0 radical (unpaired) electrons. The third-order valence-corrected chi connectivity index (χ3v) is 5.05. The standard InChI is InChI=1S/C22H24ClN3O2/c1-15-7-8-18(23)14-19(15)26-21(27)17-10-12-24-20(13-17)22(28)25-11-9-16-5-3-2-4-6-16/h5,7-8,10,12-14H,2-4,6,9,11H2,1H3,(H,25,28)(H,26,27). The van der Waals surface area contributed by atoms with E-state index in [1.165, 1.54) is 30.7 Å². The van der Waals surface area contributed by atoms with Crippen molar-refractivity contribution in [2.75, 3.05) is 11.9 Å². The van der Waals surface area contributed by atoms with Gasteiger partial charge in [-0.1, -0.05) is 29.3 Å². The van der Waals surface area contributed by atoms with Crippen LogP contribution in [0.2, 0.25) is 5.02 Å². The van der Waals surface area contributed by atoms with Crippen molar-refractivity contribution in [1.29, 1.82) is 0 Å². The summed E-state index contributed by atoms with van der Waals surface area (Å²) in [6, 6.07) is 8.39.